The summed E-state index contributed by atoms with van der Waals surface area (Å²) in [5.41, 5.74) is 1.94. The third kappa shape index (κ3) is 3.26. The van der Waals surface area contributed by atoms with Gasteiger partial charge in [0.25, 0.3) is 0 Å². The van der Waals surface area contributed by atoms with E-state index < -0.39 is 0 Å². The summed E-state index contributed by atoms with van der Waals surface area (Å²) in [5.74, 6) is 0.330. The third-order valence-corrected chi connectivity index (χ3v) is 4.01. The zero-order chi connectivity index (χ0) is 15.5. The van der Waals surface area contributed by atoms with Gasteiger partial charge in [-0.15, -0.1) is 0 Å². The van der Waals surface area contributed by atoms with Gasteiger partial charge in [0.2, 0.25) is 5.88 Å². The summed E-state index contributed by atoms with van der Waals surface area (Å²) >= 11 is 0. The average Bonchev–Trinajstić information content (AvgIpc) is 2.89. The van der Waals surface area contributed by atoms with Crippen molar-refractivity contribution in [2.75, 3.05) is 13.7 Å². The topological polar surface area (TPSA) is 45.6 Å². The van der Waals surface area contributed by atoms with Crippen LogP contribution in [-0.2, 0) is 6.54 Å². The van der Waals surface area contributed by atoms with Crippen LogP contribution < -0.4 is 4.74 Å². The summed E-state index contributed by atoms with van der Waals surface area (Å²) in [6, 6.07) is 10.4. The second-order valence-electron chi connectivity index (χ2n) is 5.60. The van der Waals surface area contributed by atoms with Gasteiger partial charge in [0, 0.05) is 31.4 Å². The Labute approximate surface area is 129 Å². The Morgan fingerprint density at radius 3 is 2.91 bits per heavy atom. The normalized spacial score (nSPS) is 22.0. The maximum atomic E-state index is 13.5. The van der Waals surface area contributed by atoms with E-state index >= 15 is 0 Å². The summed E-state index contributed by atoms with van der Waals surface area (Å²) in [5, 5.41) is 9.99. The highest BCUT2D eigenvalue weighted by atomic mass is 19.1. The number of β-amino-alcohol motifs (C(OH)–C–C–N with tert-alkyl or cyclic N) is 1. The van der Waals surface area contributed by atoms with E-state index in [1.807, 2.05) is 18.2 Å². The van der Waals surface area contributed by atoms with Gasteiger partial charge in [-0.2, -0.15) is 0 Å². The summed E-state index contributed by atoms with van der Waals surface area (Å²) in [6.07, 6.45) is 2.00. The molecule has 0 unspecified atom stereocenters. The van der Waals surface area contributed by atoms with E-state index in [-0.39, 0.29) is 18.0 Å². The number of methoxy groups -OCH3 is 1. The molecule has 3 rings (SSSR count). The van der Waals surface area contributed by atoms with Crippen LogP contribution in [0.5, 0.6) is 5.88 Å². The van der Waals surface area contributed by atoms with Gasteiger partial charge in [0.05, 0.1) is 13.2 Å². The lowest BCUT2D eigenvalue weighted by Crippen LogP contribution is -2.24. The molecule has 116 valence electrons. The largest absolute Gasteiger partial charge is 0.481 e. The van der Waals surface area contributed by atoms with Crippen molar-refractivity contribution in [3.63, 3.8) is 0 Å². The van der Waals surface area contributed by atoms with E-state index in [0.717, 1.165) is 11.1 Å². The Kier molecular flexibility index (Phi) is 4.36. The summed E-state index contributed by atoms with van der Waals surface area (Å²) in [7, 11) is 1.58. The number of aliphatic hydroxyl groups excluding tert-OH is 1. The Balaban J connectivity index is 1.78. The van der Waals surface area contributed by atoms with Gasteiger partial charge in [-0.3, -0.25) is 4.90 Å². The van der Waals surface area contributed by atoms with Crippen molar-refractivity contribution in [2.45, 2.75) is 25.1 Å². The fourth-order valence-electron chi connectivity index (χ4n) is 2.97. The summed E-state index contributed by atoms with van der Waals surface area (Å²) < 4.78 is 18.5. The molecule has 22 heavy (non-hydrogen) atoms. The highest BCUT2D eigenvalue weighted by Crippen LogP contribution is 2.33. The predicted molar refractivity (Wildman–Crippen MR) is 81.0 cm³/mol. The SMILES string of the molecule is COc1ccc(CN2C[C@H](O)C[C@@H]2c2cccc(F)c2)cn1. The first-order chi connectivity index (χ1) is 10.7. The molecule has 0 bridgehead atoms. The highest BCUT2D eigenvalue weighted by Gasteiger charge is 2.32. The Hall–Kier alpha value is -1.98. The number of rotatable bonds is 4. The molecule has 1 fully saturated rings. The molecule has 0 spiro atoms. The zero-order valence-corrected chi connectivity index (χ0v) is 12.4. The first-order valence-corrected chi connectivity index (χ1v) is 7.32. The standard InChI is InChI=1S/C17H19FN2O2/c1-22-17-6-5-12(9-19-17)10-20-11-15(21)8-16(20)13-3-2-4-14(18)7-13/h2-7,9,15-16,21H,8,10-11H2,1H3/t15-,16-/m1/s1. The highest BCUT2D eigenvalue weighted by molar-refractivity contribution is 5.23. The number of benzene rings is 1. The second-order valence-corrected chi connectivity index (χ2v) is 5.60. The number of hydrogen-bond acceptors (Lipinski definition) is 4. The maximum Gasteiger partial charge on any atom is 0.212 e. The predicted octanol–water partition coefficient (Wildman–Crippen LogP) is 2.54. The second kappa shape index (κ2) is 6.42. The monoisotopic (exact) mass is 302 g/mol. The maximum absolute atomic E-state index is 13.5. The molecule has 5 heteroatoms. The molecule has 1 aromatic carbocycles. The van der Waals surface area contributed by atoms with Crippen molar-refractivity contribution in [3.8, 4) is 5.88 Å². The minimum atomic E-state index is -0.389. The van der Waals surface area contributed by atoms with E-state index in [1.165, 1.54) is 6.07 Å². The molecule has 1 N–H and O–H groups in total. The van der Waals surface area contributed by atoms with Crippen LogP contribution in [0.15, 0.2) is 42.6 Å². The van der Waals surface area contributed by atoms with Gasteiger partial charge in [-0.1, -0.05) is 18.2 Å². The van der Waals surface area contributed by atoms with Gasteiger partial charge in [0.15, 0.2) is 0 Å². The Bertz CT molecular complexity index is 633. The number of nitrogens with zero attached hydrogens (tertiary/aromatic N) is 2. The number of aliphatic hydroxyl groups is 1. The first kappa shape index (κ1) is 14.9. The average molecular weight is 302 g/mol. The van der Waals surface area contributed by atoms with Crippen molar-refractivity contribution < 1.29 is 14.2 Å². The molecule has 0 radical (unpaired) electrons. The van der Waals surface area contributed by atoms with Crippen LogP contribution in [0.1, 0.15) is 23.6 Å². The molecule has 0 aliphatic carbocycles. The molecule has 2 aromatic rings. The minimum Gasteiger partial charge on any atom is -0.481 e. The fourth-order valence-corrected chi connectivity index (χ4v) is 2.97. The molecule has 0 amide bonds. The molecule has 1 saturated heterocycles. The Morgan fingerprint density at radius 2 is 2.23 bits per heavy atom. The van der Waals surface area contributed by atoms with E-state index in [4.69, 9.17) is 4.74 Å². The van der Waals surface area contributed by atoms with E-state index in [2.05, 4.69) is 9.88 Å². The molecule has 1 aromatic heterocycles. The number of likely N-dealkylation sites (tertiary alicyclic amines) is 1. The lowest BCUT2D eigenvalue weighted by Gasteiger charge is -2.24. The molecule has 1 aliphatic heterocycles. The first-order valence-electron chi connectivity index (χ1n) is 7.32. The number of aromatic nitrogens is 1. The van der Waals surface area contributed by atoms with Crippen LogP contribution in [-0.4, -0.2) is 34.7 Å². The quantitative estimate of drug-likeness (QED) is 0.943. The van der Waals surface area contributed by atoms with Gasteiger partial charge in [0.1, 0.15) is 5.82 Å². The van der Waals surface area contributed by atoms with Gasteiger partial charge >= 0.3 is 0 Å². The van der Waals surface area contributed by atoms with Crippen LogP contribution >= 0.6 is 0 Å². The van der Waals surface area contributed by atoms with E-state index in [0.29, 0.717) is 25.4 Å². The molecule has 0 saturated carbocycles. The molecule has 4 nitrogen and oxygen atoms in total. The van der Waals surface area contributed by atoms with Crippen LogP contribution in [0.25, 0.3) is 0 Å². The van der Waals surface area contributed by atoms with Crippen LogP contribution in [0.3, 0.4) is 0 Å². The number of halogens is 1. The lowest BCUT2D eigenvalue weighted by molar-refractivity contribution is 0.172. The van der Waals surface area contributed by atoms with Crippen LogP contribution in [0, 0.1) is 5.82 Å². The van der Waals surface area contributed by atoms with Crippen molar-refractivity contribution in [1.82, 2.24) is 9.88 Å². The Morgan fingerprint density at radius 1 is 1.36 bits per heavy atom. The molecule has 2 heterocycles. The number of pyridine rings is 1. The smallest absolute Gasteiger partial charge is 0.212 e. The van der Waals surface area contributed by atoms with Gasteiger partial charge in [-0.25, -0.2) is 9.37 Å². The van der Waals surface area contributed by atoms with Crippen molar-refractivity contribution in [1.29, 1.82) is 0 Å². The minimum absolute atomic E-state index is 0.0211. The van der Waals surface area contributed by atoms with Crippen molar-refractivity contribution >= 4 is 0 Å². The molecule has 1 aliphatic rings. The van der Waals surface area contributed by atoms with Gasteiger partial charge < -0.3 is 9.84 Å². The van der Waals surface area contributed by atoms with Gasteiger partial charge in [-0.05, 0) is 29.7 Å². The third-order valence-electron chi connectivity index (χ3n) is 4.01. The van der Waals surface area contributed by atoms with E-state index in [9.17, 15) is 9.50 Å². The van der Waals surface area contributed by atoms with Crippen LogP contribution in [0.4, 0.5) is 4.39 Å². The van der Waals surface area contributed by atoms with Crippen LogP contribution in [0.2, 0.25) is 0 Å². The lowest BCUT2D eigenvalue weighted by atomic mass is 10.0. The fraction of sp³-hybridized carbons (Fsp3) is 0.353. The zero-order valence-electron chi connectivity index (χ0n) is 12.4. The summed E-state index contributed by atoms with van der Waals surface area (Å²) in [6.45, 7) is 1.24. The number of hydrogen-bond donors (Lipinski definition) is 1. The van der Waals surface area contributed by atoms with E-state index in [1.54, 1.807) is 25.4 Å². The molecular weight excluding hydrogens is 283 g/mol. The van der Waals surface area contributed by atoms with Crippen molar-refractivity contribution in [3.05, 3.63) is 59.5 Å². The van der Waals surface area contributed by atoms with Crippen molar-refractivity contribution in [2.24, 2.45) is 0 Å². The summed E-state index contributed by atoms with van der Waals surface area (Å²) in [4.78, 5) is 6.35. The molecular formula is C17H19FN2O2. The number of ether oxygens (including phenoxy) is 1. The molecule has 2 atom stereocenters.